The van der Waals surface area contributed by atoms with Gasteiger partial charge in [0.15, 0.2) is 0 Å². The van der Waals surface area contributed by atoms with E-state index in [0.29, 0.717) is 5.56 Å². The predicted molar refractivity (Wildman–Crippen MR) is 83.1 cm³/mol. The van der Waals surface area contributed by atoms with Crippen molar-refractivity contribution in [2.24, 2.45) is 5.92 Å². The van der Waals surface area contributed by atoms with Crippen molar-refractivity contribution in [3.05, 3.63) is 35.9 Å². The number of hydrogen-bond acceptors (Lipinski definition) is 2. The predicted octanol–water partition coefficient (Wildman–Crippen LogP) is 2.97. The summed E-state index contributed by atoms with van der Waals surface area (Å²) in [6, 6.07) is 9.02. The van der Waals surface area contributed by atoms with E-state index in [2.05, 4.69) is 12.2 Å². The number of carboxylic acid groups (broad SMARTS) is 1. The fourth-order valence-corrected chi connectivity index (χ4v) is 2.19. The molecule has 1 rings (SSSR count). The summed E-state index contributed by atoms with van der Waals surface area (Å²) in [5.41, 5.74) is -0.416. The van der Waals surface area contributed by atoms with Crippen molar-refractivity contribution >= 4 is 11.9 Å². The molecule has 0 fully saturated rings. The molecule has 1 amide bonds. The molecule has 0 saturated carbocycles. The summed E-state index contributed by atoms with van der Waals surface area (Å²) >= 11 is 0. The number of carboxylic acids is 1. The molecule has 0 bridgehead atoms. The van der Waals surface area contributed by atoms with Crippen LogP contribution in [0.3, 0.4) is 0 Å². The summed E-state index contributed by atoms with van der Waals surface area (Å²) in [5, 5.41) is 12.3. The number of amides is 1. The molecule has 0 saturated heterocycles. The Balaban J connectivity index is 2.73. The molecule has 0 radical (unpaired) electrons. The van der Waals surface area contributed by atoms with Gasteiger partial charge >= 0.3 is 5.97 Å². The molecule has 0 spiro atoms. The van der Waals surface area contributed by atoms with Gasteiger partial charge in [-0.1, -0.05) is 57.0 Å². The first-order chi connectivity index (χ1) is 9.91. The number of hydrogen-bond donors (Lipinski definition) is 2. The molecule has 0 aliphatic heterocycles. The first-order valence-corrected chi connectivity index (χ1v) is 7.48. The molecule has 1 aromatic carbocycles. The van der Waals surface area contributed by atoms with Crippen LogP contribution in [0.4, 0.5) is 0 Å². The number of aliphatic carboxylic acids is 1. The molecule has 0 aromatic heterocycles. The molecule has 0 heterocycles. The Labute approximate surface area is 126 Å². The van der Waals surface area contributed by atoms with Crippen molar-refractivity contribution in [3.63, 3.8) is 0 Å². The van der Waals surface area contributed by atoms with Crippen LogP contribution in [0, 0.1) is 5.92 Å². The molecule has 4 heteroatoms. The maximum absolute atomic E-state index is 12.0. The lowest BCUT2D eigenvalue weighted by molar-refractivity contribution is -0.143. The van der Waals surface area contributed by atoms with Crippen LogP contribution in [0.25, 0.3) is 0 Å². The van der Waals surface area contributed by atoms with E-state index in [9.17, 15) is 14.7 Å². The van der Waals surface area contributed by atoms with Crippen LogP contribution in [0.1, 0.15) is 45.6 Å². The summed E-state index contributed by atoms with van der Waals surface area (Å²) < 4.78 is 0. The SMILES string of the molecule is CCCCC(C)C(=O)NCC(C)(C(=O)O)c1ccccc1. The fraction of sp³-hybridized carbons (Fsp3) is 0.529. The van der Waals surface area contributed by atoms with Crippen molar-refractivity contribution in [1.82, 2.24) is 5.32 Å². The molecule has 2 unspecified atom stereocenters. The summed E-state index contributed by atoms with van der Waals surface area (Å²) in [6.45, 7) is 5.70. The Hall–Kier alpha value is -1.84. The highest BCUT2D eigenvalue weighted by Crippen LogP contribution is 2.23. The molecule has 0 aliphatic carbocycles. The van der Waals surface area contributed by atoms with Crippen molar-refractivity contribution in [1.29, 1.82) is 0 Å². The van der Waals surface area contributed by atoms with Crippen molar-refractivity contribution < 1.29 is 14.7 Å². The average molecular weight is 291 g/mol. The lowest BCUT2D eigenvalue weighted by Crippen LogP contribution is -2.45. The van der Waals surface area contributed by atoms with Gasteiger partial charge in [-0.3, -0.25) is 9.59 Å². The fourth-order valence-electron chi connectivity index (χ4n) is 2.19. The zero-order chi connectivity index (χ0) is 15.9. The van der Waals surface area contributed by atoms with E-state index >= 15 is 0 Å². The molecule has 116 valence electrons. The lowest BCUT2D eigenvalue weighted by Gasteiger charge is -2.26. The number of carbonyl (C=O) groups is 2. The van der Waals surface area contributed by atoms with E-state index in [1.807, 2.05) is 25.1 Å². The summed E-state index contributed by atoms with van der Waals surface area (Å²) in [6.07, 6.45) is 2.88. The monoisotopic (exact) mass is 291 g/mol. The molecule has 1 aromatic rings. The number of benzene rings is 1. The van der Waals surface area contributed by atoms with Crippen LogP contribution < -0.4 is 5.32 Å². The first kappa shape index (κ1) is 17.2. The Morgan fingerprint density at radius 2 is 1.90 bits per heavy atom. The van der Waals surface area contributed by atoms with Gasteiger partial charge in [-0.05, 0) is 18.9 Å². The number of carbonyl (C=O) groups excluding carboxylic acids is 1. The van der Waals surface area contributed by atoms with Gasteiger partial charge in [0.25, 0.3) is 0 Å². The minimum absolute atomic E-state index is 0.0770. The van der Waals surface area contributed by atoms with Crippen molar-refractivity contribution in [2.45, 2.75) is 45.4 Å². The minimum atomic E-state index is -1.11. The Bertz CT molecular complexity index is 472. The van der Waals surface area contributed by atoms with Gasteiger partial charge in [0.2, 0.25) is 5.91 Å². The molecule has 0 aliphatic rings. The van der Waals surface area contributed by atoms with Crippen LogP contribution in [0.15, 0.2) is 30.3 Å². The number of nitrogens with one attached hydrogen (secondary N) is 1. The van der Waals surface area contributed by atoms with Gasteiger partial charge in [0.1, 0.15) is 5.41 Å². The van der Waals surface area contributed by atoms with Gasteiger partial charge in [0, 0.05) is 12.5 Å². The van der Waals surface area contributed by atoms with Crippen molar-refractivity contribution in [3.8, 4) is 0 Å². The Kier molecular flexibility index (Phi) is 6.40. The second-order valence-corrected chi connectivity index (χ2v) is 5.76. The Morgan fingerprint density at radius 3 is 2.43 bits per heavy atom. The van der Waals surface area contributed by atoms with Gasteiger partial charge in [0.05, 0.1) is 0 Å². The highest BCUT2D eigenvalue weighted by atomic mass is 16.4. The van der Waals surface area contributed by atoms with Gasteiger partial charge < -0.3 is 10.4 Å². The quantitative estimate of drug-likeness (QED) is 0.774. The normalized spacial score (nSPS) is 15.0. The second kappa shape index (κ2) is 7.81. The minimum Gasteiger partial charge on any atom is -0.481 e. The third-order valence-corrected chi connectivity index (χ3v) is 3.94. The summed E-state index contributed by atoms with van der Waals surface area (Å²) in [4.78, 5) is 23.7. The smallest absolute Gasteiger partial charge is 0.315 e. The molecular weight excluding hydrogens is 266 g/mol. The van der Waals surface area contributed by atoms with Crippen LogP contribution >= 0.6 is 0 Å². The van der Waals surface area contributed by atoms with E-state index in [-0.39, 0.29) is 18.4 Å². The maximum Gasteiger partial charge on any atom is 0.315 e. The highest BCUT2D eigenvalue weighted by molar-refractivity contribution is 5.83. The first-order valence-electron chi connectivity index (χ1n) is 7.48. The number of rotatable bonds is 8. The molecule has 2 atom stereocenters. The largest absolute Gasteiger partial charge is 0.481 e. The topological polar surface area (TPSA) is 66.4 Å². The Morgan fingerprint density at radius 1 is 1.29 bits per heavy atom. The van der Waals surface area contributed by atoms with Gasteiger partial charge in [-0.15, -0.1) is 0 Å². The van der Waals surface area contributed by atoms with E-state index in [0.717, 1.165) is 19.3 Å². The maximum atomic E-state index is 12.0. The van der Waals surface area contributed by atoms with Crippen LogP contribution in [0.5, 0.6) is 0 Å². The van der Waals surface area contributed by atoms with Gasteiger partial charge in [-0.25, -0.2) is 0 Å². The van der Waals surface area contributed by atoms with Crippen LogP contribution in [0.2, 0.25) is 0 Å². The molecule has 21 heavy (non-hydrogen) atoms. The average Bonchev–Trinajstić information content (AvgIpc) is 2.50. The van der Waals surface area contributed by atoms with Crippen molar-refractivity contribution in [2.75, 3.05) is 6.54 Å². The van der Waals surface area contributed by atoms with E-state index < -0.39 is 11.4 Å². The highest BCUT2D eigenvalue weighted by Gasteiger charge is 2.35. The molecule has 2 N–H and O–H groups in total. The second-order valence-electron chi connectivity index (χ2n) is 5.76. The van der Waals surface area contributed by atoms with Crippen LogP contribution in [-0.2, 0) is 15.0 Å². The van der Waals surface area contributed by atoms with E-state index in [1.165, 1.54) is 0 Å². The summed E-state index contributed by atoms with van der Waals surface area (Å²) in [5.74, 6) is -1.10. The number of unbranched alkanes of at least 4 members (excludes halogenated alkanes) is 1. The third kappa shape index (κ3) is 4.59. The van der Waals surface area contributed by atoms with E-state index in [1.54, 1.807) is 19.1 Å². The van der Waals surface area contributed by atoms with Gasteiger partial charge in [-0.2, -0.15) is 0 Å². The summed E-state index contributed by atoms with van der Waals surface area (Å²) in [7, 11) is 0. The zero-order valence-corrected chi connectivity index (χ0v) is 13.1. The third-order valence-electron chi connectivity index (χ3n) is 3.94. The standard InChI is InChI=1S/C17H25NO3/c1-4-5-9-13(2)15(19)18-12-17(3,16(20)21)14-10-7-6-8-11-14/h6-8,10-11,13H,4-5,9,12H2,1-3H3,(H,18,19)(H,20,21). The lowest BCUT2D eigenvalue weighted by atomic mass is 9.82. The molecule has 4 nitrogen and oxygen atoms in total. The zero-order valence-electron chi connectivity index (χ0n) is 13.1. The van der Waals surface area contributed by atoms with E-state index in [4.69, 9.17) is 0 Å². The molecular formula is C17H25NO3. The van der Waals surface area contributed by atoms with Crippen LogP contribution in [-0.4, -0.2) is 23.5 Å².